The highest BCUT2D eigenvalue weighted by Crippen LogP contribution is 2.17. The SMILES string of the molecule is CN(Cc1ccccc1Br)C(=O)COC(=O)c1ccc(S(C)(=O)=O)cc1. The number of likely N-dealkylation sites (N-methyl/N-ethyl adjacent to an activating group) is 1. The van der Waals surface area contributed by atoms with Gasteiger partial charge < -0.3 is 9.64 Å². The van der Waals surface area contributed by atoms with Gasteiger partial charge in [-0.05, 0) is 35.9 Å². The zero-order chi connectivity index (χ0) is 19.3. The third-order valence-corrected chi connectivity index (χ3v) is 5.54. The van der Waals surface area contributed by atoms with Gasteiger partial charge in [-0.2, -0.15) is 0 Å². The van der Waals surface area contributed by atoms with E-state index in [0.717, 1.165) is 16.3 Å². The summed E-state index contributed by atoms with van der Waals surface area (Å²) >= 11 is 3.42. The minimum atomic E-state index is -3.33. The molecule has 0 heterocycles. The highest BCUT2D eigenvalue weighted by atomic mass is 79.9. The first-order chi connectivity index (χ1) is 12.2. The first kappa shape index (κ1) is 20.1. The number of esters is 1. The van der Waals surface area contributed by atoms with Gasteiger partial charge >= 0.3 is 5.97 Å². The van der Waals surface area contributed by atoms with Crippen LogP contribution in [0.4, 0.5) is 0 Å². The zero-order valence-electron chi connectivity index (χ0n) is 14.3. The van der Waals surface area contributed by atoms with Crippen LogP contribution in [0.3, 0.4) is 0 Å². The minimum Gasteiger partial charge on any atom is -0.452 e. The molecule has 0 aromatic heterocycles. The number of sulfone groups is 1. The lowest BCUT2D eigenvalue weighted by Gasteiger charge is -2.18. The Morgan fingerprint density at radius 3 is 2.27 bits per heavy atom. The van der Waals surface area contributed by atoms with E-state index in [-0.39, 0.29) is 16.4 Å². The van der Waals surface area contributed by atoms with Crippen molar-refractivity contribution in [2.75, 3.05) is 19.9 Å². The number of amides is 1. The largest absolute Gasteiger partial charge is 0.452 e. The van der Waals surface area contributed by atoms with Crippen molar-refractivity contribution >= 4 is 37.6 Å². The van der Waals surface area contributed by atoms with Crippen molar-refractivity contribution in [3.63, 3.8) is 0 Å². The number of carbonyl (C=O) groups excluding carboxylic acids is 2. The van der Waals surface area contributed by atoms with Crippen LogP contribution in [-0.2, 0) is 25.9 Å². The number of nitrogens with zero attached hydrogens (tertiary/aromatic N) is 1. The number of rotatable bonds is 6. The van der Waals surface area contributed by atoms with E-state index < -0.39 is 22.4 Å². The molecule has 0 N–H and O–H groups in total. The summed E-state index contributed by atoms with van der Waals surface area (Å²) in [4.78, 5) is 25.7. The Balaban J connectivity index is 1.92. The van der Waals surface area contributed by atoms with Crippen molar-refractivity contribution < 1.29 is 22.7 Å². The van der Waals surface area contributed by atoms with Crippen LogP contribution in [0.25, 0.3) is 0 Å². The molecule has 0 fully saturated rings. The van der Waals surface area contributed by atoms with Gasteiger partial charge in [-0.1, -0.05) is 34.1 Å². The Morgan fingerprint density at radius 1 is 1.08 bits per heavy atom. The molecule has 26 heavy (non-hydrogen) atoms. The smallest absolute Gasteiger partial charge is 0.338 e. The maximum atomic E-state index is 12.1. The summed E-state index contributed by atoms with van der Waals surface area (Å²) in [6.45, 7) is -0.0194. The Morgan fingerprint density at radius 2 is 1.69 bits per heavy atom. The Bertz CT molecular complexity index is 909. The number of benzene rings is 2. The average molecular weight is 440 g/mol. The fourth-order valence-corrected chi connectivity index (χ4v) is 3.17. The van der Waals surface area contributed by atoms with Gasteiger partial charge in [0.25, 0.3) is 5.91 Å². The molecule has 0 aliphatic heterocycles. The fraction of sp³-hybridized carbons (Fsp3) is 0.222. The molecule has 2 rings (SSSR count). The molecule has 0 bridgehead atoms. The van der Waals surface area contributed by atoms with Gasteiger partial charge in [0.2, 0.25) is 0 Å². The summed E-state index contributed by atoms with van der Waals surface area (Å²) in [6.07, 6.45) is 1.08. The van der Waals surface area contributed by atoms with Crippen molar-refractivity contribution in [2.45, 2.75) is 11.4 Å². The Labute approximate surface area is 160 Å². The predicted molar refractivity (Wildman–Crippen MR) is 100 cm³/mol. The van der Waals surface area contributed by atoms with Crippen LogP contribution in [0.2, 0.25) is 0 Å². The monoisotopic (exact) mass is 439 g/mol. The number of hydrogen-bond acceptors (Lipinski definition) is 5. The van der Waals surface area contributed by atoms with Crippen molar-refractivity contribution in [1.82, 2.24) is 4.90 Å². The van der Waals surface area contributed by atoms with Crippen LogP contribution in [0, 0.1) is 0 Å². The van der Waals surface area contributed by atoms with Crippen molar-refractivity contribution in [3.8, 4) is 0 Å². The molecule has 138 valence electrons. The Kier molecular flexibility index (Phi) is 6.55. The van der Waals surface area contributed by atoms with Crippen molar-refractivity contribution in [1.29, 1.82) is 0 Å². The molecule has 2 aromatic rings. The molecule has 0 atom stereocenters. The summed E-state index contributed by atoms with van der Waals surface area (Å²) in [5.41, 5.74) is 1.12. The fourth-order valence-electron chi connectivity index (χ4n) is 2.13. The van der Waals surface area contributed by atoms with E-state index >= 15 is 0 Å². The number of halogens is 1. The molecule has 0 saturated carbocycles. The number of ether oxygens (including phenoxy) is 1. The zero-order valence-corrected chi connectivity index (χ0v) is 16.7. The Hall–Kier alpha value is -2.19. The van der Waals surface area contributed by atoms with Gasteiger partial charge in [0.15, 0.2) is 16.4 Å². The molecule has 0 radical (unpaired) electrons. The summed E-state index contributed by atoms with van der Waals surface area (Å²) in [5, 5.41) is 0. The van der Waals surface area contributed by atoms with E-state index in [9.17, 15) is 18.0 Å². The summed E-state index contributed by atoms with van der Waals surface area (Å²) in [7, 11) is -1.71. The summed E-state index contributed by atoms with van der Waals surface area (Å²) in [5.74, 6) is -1.03. The molecule has 2 aromatic carbocycles. The van der Waals surface area contributed by atoms with E-state index in [2.05, 4.69) is 15.9 Å². The second-order valence-electron chi connectivity index (χ2n) is 5.71. The lowest BCUT2D eigenvalue weighted by atomic mass is 10.2. The van der Waals surface area contributed by atoms with Crippen LogP contribution in [0.1, 0.15) is 15.9 Å². The highest BCUT2D eigenvalue weighted by Gasteiger charge is 2.15. The normalized spacial score (nSPS) is 11.0. The first-order valence-corrected chi connectivity index (χ1v) is 10.3. The van der Waals surface area contributed by atoms with Gasteiger partial charge in [0.1, 0.15) is 0 Å². The van der Waals surface area contributed by atoms with Gasteiger partial charge in [-0.3, -0.25) is 4.79 Å². The summed E-state index contributed by atoms with van der Waals surface area (Å²) in [6, 6.07) is 12.9. The van der Waals surface area contributed by atoms with E-state index in [0.29, 0.717) is 6.54 Å². The maximum Gasteiger partial charge on any atom is 0.338 e. The van der Waals surface area contributed by atoms with Crippen molar-refractivity contribution in [2.24, 2.45) is 0 Å². The lowest BCUT2D eigenvalue weighted by molar-refractivity contribution is -0.133. The van der Waals surface area contributed by atoms with E-state index in [4.69, 9.17) is 4.74 Å². The van der Waals surface area contributed by atoms with Crippen LogP contribution in [0.15, 0.2) is 57.9 Å². The molecule has 0 unspecified atom stereocenters. The molecule has 1 amide bonds. The van der Waals surface area contributed by atoms with Crippen molar-refractivity contribution in [3.05, 3.63) is 64.1 Å². The predicted octanol–water partition coefficient (Wildman–Crippen LogP) is 2.67. The van der Waals surface area contributed by atoms with Crippen LogP contribution in [0.5, 0.6) is 0 Å². The van der Waals surface area contributed by atoms with Gasteiger partial charge in [-0.25, -0.2) is 13.2 Å². The molecular weight excluding hydrogens is 422 g/mol. The highest BCUT2D eigenvalue weighted by molar-refractivity contribution is 9.10. The number of carbonyl (C=O) groups is 2. The van der Waals surface area contributed by atoms with Gasteiger partial charge in [0, 0.05) is 24.3 Å². The average Bonchev–Trinajstić information content (AvgIpc) is 2.60. The third-order valence-electron chi connectivity index (χ3n) is 3.64. The minimum absolute atomic E-state index is 0.110. The van der Waals surface area contributed by atoms with Gasteiger partial charge in [0.05, 0.1) is 10.5 Å². The molecule has 0 aliphatic carbocycles. The van der Waals surface area contributed by atoms with Crippen LogP contribution >= 0.6 is 15.9 Å². The molecular formula is C18H18BrNO5S. The second-order valence-corrected chi connectivity index (χ2v) is 8.58. The van der Waals surface area contributed by atoms with E-state index in [1.165, 1.54) is 29.2 Å². The first-order valence-electron chi connectivity index (χ1n) is 7.63. The van der Waals surface area contributed by atoms with E-state index in [1.54, 1.807) is 7.05 Å². The quantitative estimate of drug-likeness (QED) is 0.646. The molecule has 8 heteroatoms. The maximum absolute atomic E-state index is 12.1. The topological polar surface area (TPSA) is 80.8 Å². The standard InChI is InChI=1S/C18H18BrNO5S/c1-20(11-14-5-3-4-6-16(14)19)17(21)12-25-18(22)13-7-9-15(10-8-13)26(2,23)24/h3-10H,11-12H2,1-2H3. The lowest BCUT2D eigenvalue weighted by Crippen LogP contribution is -2.31. The molecule has 0 spiro atoms. The molecule has 0 saturated heterocycles. The van der Waals surface area contributed by atoms with E-state index in [1.807, 2.05) is 24.3 Å². The van der Waals surface area contributed by atoms with Gasteiger partial charge in [-0.15, -0.1) is 0 Å². The van der Waals surface area contributed by atoms with Crippen LogP contribution < -0.4 is 0 Å². The molecule has 6 nitrogen and oxygen atoms in total. The van der Waals surface area contributed by atoms with Crippen LogP contribution in [-0.4, -0.2) is 45.1 Å². The summed E-state index contributed by atoms with van der Waals surface area (Å²) < 4.78 is 28.7. The third kappa shape index (κ3) is 5.40. The number of hydrogen-bond donors (Lipinski definition) is 0. The second kappa shape index (κ2) is 8.46. The molecule has 0 aliphatic rings.